The highest BCUT2D eigenvalue weighted by molar-refractivity contribution is 5.82. The topological polar surface area (TPSA) is 89.9 Å². The lowest BCUT2D eigenvalue weighted by atomic mass is 10.2. The van der Waals surface area contributed by atoms with Crippen LogP contribution >= 0.6 is 0 Å². The third-order valence-corrected chi connectivity index (χ3v) is 4.20. The first-order valence-corrected chi connectivity index (χ1v) is 8.13. The molecule has 126 valence electrons. The highest BCUT2D eigenvalue weighted by Crippen LogP contribution is 2.28. The average Bonchev–Trinajstić information content (AvgIpc) is 3.30. The van der Waals surface area contributed by atoms with E-state index >= 15 is 0 Å². The van der Waals surface area contributed by atoms with Crippen LogP contribution in [0.15, 0.2) is 18.5 Å². The van der Waals surface area contributed by atoms with Gasteiger partial charge in [-0.3, -0.25) is 4.68 Å². The van der Waals surface area contributed by atoms with E-state index in [2.05, 4.69) is 25.4 Å². The number of nitrogens with zero attached hydrogens (tertiary/aromatic N) is 4. The Morgan fingerprint density at radius 2 is 2.38 bits per heavy atom. The molecule has 1 saturated heterocycles. The third-order valence-electron chi connectivity index (χ3n) is 4.20. The zero-order valence-corrected chi connectivity index (χ0v) is 13.7. The molecule has 1 aliphatic rings. The standard InChI is InChI=1S/C16H20N6O2/c1-3-24-15-12-4-6-17-14(12)20-16(21-15)19-13-8-18-22(10(13)2)11-5-7-23-9-11/h4,6,8,11H,3,5,7,9H2,1-2H3,(H2,17,19,20,21). The van der Waals surface area contributed by atoms with E-state index in [0.29, 0.717) is 31.1 Å². The van der Waals surface area contributed by atoms with Crippen LogP contribution in [0.1, 0.15) is 25.1 Å². The van der Waals surface area contributed by atoms with Crippen LogP contribution < -0.4 is 10.1 Å². The molecule has 3 aromatic heterocycles. The second-order valence-electron chi connectivity index (χ2n) is 5.76. The number of rotatable bonds is 5. The lowest BCUT2D eigenvalue weighted by Gasteiger charge is -2.12. The van der Waals surface area contributed by atoms with E-state index < -0.39 is 0 Å². The van der Waals surface area contributed by atoms with Gasteiger partial charge in [0.2, 0.25) is 11.8 Å². The Morgan fingerprint density at radius 3 is 3.17 bits per heavy atom. The molecule has 1 aliphatic heterocycles. The summed E-state index contributed by atoms with van der Waals surface area (Å²) in [4.78, 5) is 12.1. The minimum absolute atomic E-state index is 0.298. The quantitative estimate of drug-likeness (QED) is 0.748. The van der Waals surface area contributed by atoms with E-state index in [1.165, 1.54) is 0 Å². The fraction of sp³-hybridized carbons (Fsp3) is 0.438. The Kier molecular flexibility index (Phi) is 3.81. The minimum Gasteiger partial charge on any atom is -0.477 e. The zero-order valence-electron chi connectivity index (χ0n) is 13.7. The maximum atomic E-state index is 5.62. The molecule has 0 amide bonds. The molecule has 8 nitrogen and oxygen atoms in total. The summed E-state index contributed by atoms with van der Waals surface area (Å²) in [5.74, 6) is 1.05. The van der Waals surface area contributed by atoms with Crippen LogP contribution in [0.25, 0.3) is 11.0 Å². The third kappa shape index (κ3) is 2.58. The van der Waals surface area contributed by atoms with Crippen LogP contribution in [-0.2, 0) is 4.74 Å². The van der Waals surface area contributed by atoms with E-state index in [4.69, 9.17) is 9.47 Å². The number of ether oxygens (including phenoxy) is 2. The molecular formula is C16H20N6O2. The highest BCUT2D eigenvalue weighted by atomic mass is 16.5. The molecule has 0 radical (unpaired) electrons. The summed E-state index contributed by atoms with van der Waals surface area (Å²) in [5, 5.41) is 8.61. The molecular weight excluding hydrogens is 308 g/mol. The predicted molar refractivity (Wildman–Crippen MR) is 89.8 cm³/mol. The number of H-pyrrole nitrogens is 1. The van der Waals surface area contributed by atoms with E-state index in [-0.39, 0.29) is 0 Å². The number of aromatic amines is 1. The van der Waals surface area contributed by atoms with Crippen molar-refractivity contribution in [2.75, 3.05) is 25.1 Å². The van der Waals surface area contributed by atoms with Gasteiger partial charge in [-0.2, -0.15) is 15.1 Å². The molecule has 4 rings (SSSR count). The second kappa shape index (κ2) is 6.12. The molecule has 24 heavy (non-hydrogen) atoms. The van der Waals surface area contributed by atoms with Gasteiger partial charge in [-0.15, -0.1) is 0 Å². The van der Waals surface area contributed by atoms with Crippen LogP contribution in [0.4, 0.5) is 11.6 Å². The van der Waals surface area contributed by atoms with Crippen LogP contribution in [0.5, 0.6) is 5.88 Å². The molecule has 3 aromatic rings. The van der Waals surface area contributed by atoms with Gasteiger partial charge in [0.05, 0.1) is 42.2 Å². The maximum absolute atomic E-state index is 5.62. The van der Waals surface area contributed by atoms with Gasteiger partial charge in [0.25, 0.3) is 0 Å². The first kappa shape index (κ1) is 14.9. The van der Waals surface area contributed by atoms with Gasteiger partial charge >= 0.3 is 0 Å². The maximum Gasteiger partial charge on any atom is 0.232 e. The van der Waals surface area contributed by atoms with Crippen LogP contribution in [0.3, 0.4) is 0 Å². The van der Waals surface area contributed by atoms with E-state index in [0.717, 1.165) is 35.4 Å². The number of fused-ring (bicyclic) bond motifs is 1. The van der Waals surface area contributed by atoms with Crippen molar-refractivity contribution in [2.45, 2.75) is 26.3 Å². The fourth-order valence-corrected chi connectivity index (χ4v) is 2.97. The van der Waals surface area contributed by atoms with Crippen molar-refractivity contribution < 1.29 is 9.47 Å². The molecule has 0 aromatic carbocycles. The number of aromatic nitrogens is 5. The second-order valence-corrected chi connectivity index (χ2v) is 5.76. The molecule has 1 atom stereocenters. The monoisotopic (exact) mass is 328 g/mol. The molecule has 0 bridgehead atoms. The van der Waals surface area contributed by atoms with Crippen molar-refractivity contribution >= 4 is 22.7 Å². The molecule has 0 spiro atoms. The van der Waals surface area contributed by atoms with Gasteiger partial charge in [0.1, 0.15) is 5.65 Å². The summed E-state index contributed by atoms with van der Waals surface area (Å²) in [6.45, 7) is 6.02. The number of anilines is 2. The molecule has 0 aliphatic carbocycles. The van der Waals surface area contributed by atoms with Crippen molar-refractivity contribution in [3.05, 3.63) is 24.2 Å². The first-order valence-electron chi connectivity index (χ1n) is 8.13. The number of hydrogen-bond donors (Lipinski definition) is 2. The Bertz CT molecular complexity index is 849. The van der Waals surface area contributed by atoms with Gasteiger partial charge in [-0.25, -0.2) is 0 Å². The lowest BCUT2D eigenvalue weighted by molar-refractivity contribution is 0.184. The Balaban J connectivity index is 1.64. The Hall–Kier alpha value is -2.61. The van der Waals surface area contributed by atoms with Gasteiger partial charge in [-0.1, -0.05) is 0 Å². The molecule has 0 saturated carbocycles. The zero-order chi connectivity index (χ0) is 16.5. The molecule has 2 N–H and O–H groups in total. The predicted octanol–water partition coefficient (Wildman–Crippen LogP) is 2.57. The van der Waals surface area contributed by atoms with Gasteiger partial charge < -0.3 is 19.8 Å². The normalized spacial score (nSPS) is 17.5. The number of nitrogens with one attached hydrogen (secondary N) is 2. The summed E-state index contributed by atoms with van der Waals surface area (Å²) >= 11 is 0. The summed E-state index contributed by atoms with van der Waals surface area (Å²) in [6.07, 6.45) is 4.62. The van der Waals surface area contributed by atoms with E-state index in [1.807, 2.05) is 30.8 Å². The van der Waals surface area contributed by atoms with Gasteiger partial charge in [0.15, 0.2) is 0 Å². The van der Waals surface area contributed by atoms with Crippen molar-refractivity contribution in [2.24, 2.45) is 0 Å². The van der Waals surface area contributed by atoms with E-state index in [9.17, 15) is 0 Å². The minimum atomic E-state index is 0.298. The van der Waals surface area contributed by atoms with Crippen molar-refractivity contribution in [1.29, 1.82) is 0 Å². The smallest absolute Gasteiger partial charge is 0.232 e. The molecule has 1 fully saturated rings. The van der Waals surface area contributed by atoms with Crippen molar-refractivity contribution in [1.82, 2.24) is 24.7 Å². The summed E-state index contributed by atoms with van der Waals surface area (Å²) in [7, 11) is 0. The summed E-state index contributed by atoms with van der Waals surface area (Å²) in [5.41, 5.74) is 2.67. The largest absolute Gasteiger partial charge is 0.477 e. The van der Waals surface area contributed by atoms with E-state index in [1.54, 1.807) is 6.20 Å². The SMILES string of the molecule is CCOc1nc(Nc2cnn(C3CCOC3)c2C)nc2[nH]ccc12. The first-order chi connectivity index (χ1) is 11.8. The Morgan fingerprint density at radius 1 is 1.46 bits per heavy atom. The summed E-state index contributed by atoms with van der Waals surface area (Å²) < 4.78 is 13.1. The number of hydrogen-bond acceptors (Lipinski definition) is 6. The highest BCUT2D eigenvalue weighted by Gasteiger charge is 2.21. The van der Waals surface area contributed by atoms with Crippen LogP contribution in [0, 0.1) is 6.92 Å². The van der Waals surface area contributed by atoms with Gasteiger partial charge in [-0.05, 0) is 26.3 Å². The molecule has 4 heterocycles. The average molecular weight is 328 g/mol. The van der Waals surface area contributed by atoms with Crippen LogP contribution in [0.2, 0.25) is 0 Å². The Labute approximate surface area is 139 Å². The van der Waals surface area contributed by atoms with Crippen LogP contribution in [-0.4, -0.2) is 44.6 Å². The van der Waals surface area contributed by atoms with Crippen molar-refractivity contribution in [3.8, 4) is 5.88 Å². The summed E-state index contributed by atoms with van der Waals surface area (Å²) in [6, 6.07) is 2.21. The van der Waals surface area contributed by atoms with Gasteiger partial charge in [0, 0.05) is 12.8 Å². The molecule has 1 unspecified atom stereocenters. The lowest BCUT2D eigenvalue weighted by Crippen LogP contribution is -2.12. The molecule has 8 heteroatoms. The fourth-order valence-electron chi connectivity index (χ4n) is 2.97. The van der Waals surface area contributed by atoms with Crippen molar-refractivity contribution in [3.63, 3.8) is 0 Å².